The van der Waals surface area contributed by atoms with E-state index in [0.717, 1.165) is 5.52 Å². The van der Waals surface area contributed by atoms with Crippen molar-refractivity contribution < 1.29 is 4.79 Å². The van der Waals surface area contributed by atoms with E-state index in [4.69, 9.17) is 5.26 Å². The fourth-order valence-corrected chi connectivity index (χ4v) is 2.00. The van der Waals surface area contributed by atoms with Crippen molar-refractivity contribution in [3.8, 4) is 6.07 Å². The summed E-state index contributed by atoms with van der Waals surface area (Å²) in [6.07, 6.45) is 1.37. The van der Waals surface area contributed by atoms with Crippen molar-refractivity contribution in [3.63, 3.8) is 0 Å². The quantitative estimate of drug-likeness (QED) is 0.779. The van der Waals surface area contributed by atoms with Crippen LogP contribution in [-0.4, -0.2) is 15.9 Å². The minimum absolute atomic E-state index is 0.307. The van der Waals surface area contributed by atoms with Gasteiger partial charge in [0, 0.05) is 11.1 Å². The maximum absolute atomic E-state index is 12.3. The highest BCUT2D eigenvalue weighted by molar-refractivity contribution is 6.10. The predicted molar refractivity (Wildman–Crippen MR) is 78.6 cm³/mol. The number of hydrogen-bond donors (Lipinski definition) is 1. The standard InChI is InChI=1S/C16H10N4O/c17-9-11-5-7-12(8-6-11)20-16(21)15-13-3-1-2-4-14(13)18-10-19-15/h1-8,10H,(H,20,21). The summed E-state index contributed by atoms with van der Waals surface area (Å²) in [6.45, 7) is 0. The van der Waals surface area contributed by atoms with Crippen molar-refractivity contribution in [1.29, 1.82) is 5.26 Å². The predicted octanol–water partition coefficient (Wildman–Crippen LogP) is 2.75. The number of benzene rings is 2. The number of rotatable bonds is 2. The van der Waals surface area contributed by atoms with E-state index < -0.39 is 0 Å². The fraction of sp³-hybridized carbons (Fsp3) is 0. The molecule has 1 aromatic heterocycles. The third-order valence-electron chi connectivity index (χ3n) is 3.03. The number of nitrogens with zero attached hydrogens (tertiary/aromatic N) is 3. The molecule has 2 aromatic carbocycles. The van der Waals surface area contributed by atoms with Crippen LogP contribution in [0, 0.1) is 11.3 Å². The molecule has 1 heterocycles. The normalized spacial score (nSPS) is 10.0. The number of hydrogen-bond acceptors (Lipinski definition) is 4. The van der Waals surface area contributed by atoms with Crippen LogP contribution in [0.15, 0.2) is 54.9 Å². The number of anilines is 1. The van der Waals surface area contributed by atoms with Crippen molar-refractivity contribution in [3.05, 3.63) is 66.1 Å². The Labute approximate surface area is 120 Å². The SMILES string of the molecule is N#Cc1ccc(NC(=O)c2ncnc3ccccc23)cc1. The molecule has 5 nitrogen and oxygen atoms in total. The van der Waals surface area contributed by atoms with Gasteiger partial charge in [0.05, 0.1) is 17.1 Å². The highest BCUT2D eigenvalue weighted by Gasteiger charge is 2.12. The Hall–Kier alpha value is -3.26. The number of carbonyl (C=O) groups is 1. The highest BCUT2D eigenvalue weighted by Crippen LogP contribution is 2.16. The van der Waals surface area contributed by atoms with Crippen molar-refractivity contribution in [2.45, 2.75) is 0 Å². The van der Waals surface area contributed by atoms with Gasteiger partial charge in [0.1, 0.15) is 12.0 Å². The lowest BCUT2D eigenvalue weighted by molar-refractivity contribution is 0.102. The Morgan fingerprint density at radius 2 is 1.81 bits per heavy atom. The lowest BCUT2D eigenvalue weighted by Gasteiger charge is -2.06. The first kappa shape index (κ1) is 12.8. The Kier molecular flexibility index (Phi) is 3.27. The molecule has 0 atom stereocenters. The summed E-state index contributed by atoms with van der Waals surface area (Å²) < 4.78 is 0. The number of fused-ring (bicyclic) bond motifs is 1. The van der Waals surface area contributed by atoms with Crippen LogP contribution in [0.2, 0.25) is 0 Å². The van der Waals surface area contributed by atoms with Crippen LogP contribution >= 0.6 is 0 Å². The molecule has 0 bridgehead atoms. The van der Waals surface area contributed by atoms with E-state index >= 15 is 0 Å². The Bertz CT molecular complexity index is 845. The molecule has 0 aliphatic carbocycles. The topological polar surface area (TPSA) is 78.7 Å². The van der Waals surface area contributed by atoms with Gasteiger partial charge in [-0.15, -0.1) is 0 Å². The van der Waals surface area contributed by atoms with Gasteiger partial charge < -0.3 is 5.32 Å². The molecule has 0 spiro atoms. The second-order valence-corrected chi connectivity index (χ2v) is 4.38. The molecule has 1 N–H and O–H groups in total. The van der Waals surface area contributed by atoms with Crippen LogP contribution < -0.4 is 5.32 Å². The van der Waals surface area contributed by atoms with Crippen LogP contribution in [-0.2, 0) is 0 Å². The summed E-state index contributed by atoms with van der Waals surface area (Å²) in [7, 11) is 0. The van der Waals surface area contributed by atoms with Gasteiger partial charge in [-0.3, -0.25) is 4.79 Å². The average molecular weight is 274 g/mol. The van der Waals surface area contributed by atoms with Gasteiger partial charge in [0.25, 0.3) is 5.91 Å². The molecule has 21 heavy (non-hydrogen) atoms. The second kappa shape index (κ2) is 5.39. The number of amides is 1. The summed E-state index contributed by atoms with van der Waals surface area (Å²) in [5, 5.41) is 12.2. The summed E-state index contributed by atoms with van der Waals surface area (Å²) in [5.41, 5.74) is 2.20. The van der Waals surface area contributed by atoms with Gasteiger partial charge in [0.2, 0.25) is 0 Å². The first-order valence-electron chi connectivity index (χ1n) is 6.29. The lowest BCUT2D eigenvalue weighted by Crippen LogP contribution is -2.14. The summed E-state index contributed by atoms with van der Waals surface area (Å²) in [5.74, 6) is -0.307. The summed E-state index contributed by atoms with van der Waals surface area (Å²) in [4.78, 5) is 20.5. The fourth-order valence-electron chi connectivity index (χ4n) is 2.00. The zero-order chi connectivity index (χ0) is 14.7. The minimum atomic E-state index is -0.307. The monoisotopic (exact) mass is 274 g/mol. The van der Waals surface area contributed by atoms with E-state index in [1.165, 1.54) is 6.33 Å². The molecule has 0 aliphatic rings. The number of nitrogens with one attached hydrogen (secondary N) is 1. The molecule has 0 aliphatic heterocycles. The molecule has 3 rings (SSSR count). The zero-order valence-corrected chi connectivity index (χ0v) is 10.9. The van der Waals surface area contributed by atoms with E-state index in [-0.39, 0.29) is 5.91 Å². The molecule has 0 saturated heterocycles. The van der Waals surface area contributed by atoms with Crippen molar-refractivity contribution in [2.24, 2.45) is 0 Å². The Morgan fingerprint density at radius 3 is 2.57 bits per heavy atom. The van der Waals surface area contributed by atoms with Crippen molar-refractivity contribution in [1.82, 2.24) is 9.97 Å². The molecule has 0 unspecified atom stereocenters. The molecule has 3 aromatic rings. The smallest absolute Gasteiger partial charge is 0.275 e. The number of para-hydroxylation sites is 1. The van der Waals surface area contributed by atoms with E-state index in [1.54, 1.807) is 24.3 Å². The van der Waals surface area contributed by atoms with E-state index in [2.05, 4.69) is 15.3 Å². The van der Waals surface area contributed by atoms with Gasteiger partial charge >= 0.3 is 0 Å². The highest BCUT2D eigenvalue weighted by atomic mass is 16.1. The van der Waals surface area contributed by atoms with E-state index in [0.29, 0.717) is 22.3 Å². The van der Waals surface area contributed by atoms with Crippen LogP contribution in [0.5, 0.6) is 0 Å². The third kappa shape index (κ3) is 2.55. The van der Waals surface area contributed by atoms with E-state index in [9.17, 15) is 4.79 Å². The summed E-state index contributed by atoms with van der Waals surface area (Å²) in [6, 6.07) is 16.0. The molecule has 1 amide bonds. The third-order valence-corrected chi connectivity index (χ3v) is 3.03. The second-order valence-electron chi connectivity index (χ2n) is 4.38. The van der Waals surface area contributed by atoms with Gasteiger partial charge in [0.15, 0.2) is 0 Å². The molecule has 0 radical (unpaired) electrons. The Morgan fingerprint density at radius 1 is 1.05 bits per heavy atom. The van der Waals surface area contributed by atoms with Crippen molar-refractivity contribution in [2.75, 3.05) is 5.32 Å². The average Bonchev–Trinajstić information content (AvgIpc) is 2.55. The molecule has 0 saturated carbocycles. The first-order chi connectivity index (χ1) is 10.3. The maximum Gasteiger partial charge on any atom is 0.275 e. The molecular formula is C16H10N4O. The largest absolute Gasteiger partial charge is 0.321 e. The van der Waals surface area contributed by atoms with Crippen LogP contribution in [0.25, 0.3) is 10.9 Å². The van der Waals surface area contributed by atoms with Gasteiger partial charge in [-0.1, -0.05) is 18.2 Å². The maximum atomic E-state index is 12.3. The number of aromatic nitrogens is 2. The van der Waals surface area contributed by atoms with Crippen LogP contribution in [0.4, 0.5) is 5.69 Å². The van der Waals surface area contributed by atoms with Crippen molar-refractivity contribution >= 4 is 22.5 Å². The molecular weight excluding hydrogens is 264 g/mol. The first-order valence-corrected chi connectivity index (χ1v) is 6.29. The number of carbonyl (C=O) groups excluding carboxylic acids is 1. The number of nitriles is 1. The van der Waals surface area contributed by atoms with Gasteiger partial charge in [-0.05, 0) is 30.3 Å². The molecule has 0 fully saturated rings. The Balaban J connectivity index is 1.92. The minimum Gasteiger partial charge on any atom is -0.321 e. The van der Waals surface area contributed by atoms with Crippen LogP contribution in [0.1, 0.15) is 16.1 Å². The van der Waals surface area contributed by atoms with Gasteiger partial charge in [-0.25, -0.2) is 9.97 Å². The van der Waals surface area contributed by atoms with E-state index in [1.807, 2.05) is 30.3 Å². The van der Waals surface area contributed by atoms with Gasteiger partial charge in [-0.2, -0.15) is 5.26 Å². The zero-order valence-electron chi connectivity index (χ0n) is 10.9. The molecule has 5 heteroatoms. The lowest BCUT2D eigenvalue weighted by atomic mass is 10.1. The van der Waals surface area contributed by atoms with Crippen LogP contribution in [0.3, 0.4) is 0 Å². The summed E-state index contributed by atoms with van der Waals surface area (Å²) >= 11 is 0. The molecule has 100 valence electrons.